The summed E-state index contributed by atoms with van der Waals surface area (Å²) in [6.07, 6.45) is 0. The standard InChI is InChI=1S/C18H17ClN6O4S/c1-11-2-7-14(15(8-11)25(27)28)21-17(26)10-30-18-23-22-16(24(18)20)9-29-13-5-3-12(19)4-6-13/h2-8H,9-10,20H2,1H3,(H,21,26). The van der Waals surface area contributed by atoms with Crippen LogP contribution >= 0.6 is 23.4 Å². The van der Waals surface area contributed by atoms with Crippen LogP contribution in [0.25, 0.3) is 0 Å². The van der Waals surface area contributed by atoms with Crippen LogP contribution in [0.1, 0.15) is 11.4 Å². The number of rotatable bonds is 8. The Labute approximate surface area is 180 Å². The van der Waals surface area contributed by atoms with Crippen LogP contribution in [0.4, 0.5) is 11.4 Å². The Morgan fingerprint density at radius 2 is 2.03 bits per heavy atom. The molecule has 0 aliphatic carbocycles. The van der Waals surface area contributed by atoms with Gasteiger partial charge in [0.1, 0.15) is 18.0 Å². The number of aryl methyl sites for hydroxylation is 1. The number of nitro groups is 1. The van der Waals surface area contributed by atoms with E-state index in [0.717, 1.165) is 17.3 Å². The third-order valence-corrected chi connectivity index (χ3v) is 5.07. The number of carbonyl (C=O) groups excluding carboxylic acids is 1. The van der Waals surface area contributed by atoms with Gasteiger partial charge in [-0.05, 0) is 42.8 Å². The summed E-state index contributed by atoms with van der Waals surface area (Å²) >= 11 is 6.87. The molecule has 1 heterocycles. The maximum absolute atomic E-state index is 12.2. The van der Waals surface area contributed by atoms with Gasteiger partial charge in [0.25, 0.3) is 5.69 Å². The van der Waals surface area contributed by atoms with E-state index < -0.39 is 10.8 Å². The van der Waals surface area contributed by atoms with Gasteiger partial charge in [-0.1, -0.05) is 29.4 Å². The molecule has 0 aliphatic rings. The summed E-state index contributed by atoms with van der Waals surface area (Å²) < 4.78 is 6.80. The molecule has 30 heavy (non-hydrogen) atoms. The number of nitrogens with one attached hydrogen (secondary N) is 1. The number of nitro benzene ring substituents is 1. The van der Waals surface area contributed by atoms with Gasteiger partial charge in [-0.3, -0.25) is 14.9 Å². The lowest BCUT2D eigenvalue weighted by Gasteiger charge is -2.07. The van der Waals surface area contributed by atoms with E-state index in [4.69, 9.17) is 22.2 Å². The molecule has 1 amide bonds. The van der Waals surface area contributed by atoms with E-state index in [9.17, 15) is 14.9 Å². The van der Waals surface area contributed by atoms with Gasteiger partial charge < -0.3 is 15.9 Å². The minimum absolute atomic E-state index is 0.0571. The van der Waals surface area contributed by atoms with Gasteiger partial charge in [0.05, 0.1) is 10.7 Å². The number of carbonyl (C=O) groups is 1. The average Bonchev–Trinajstić information content (AvgIpc) is 3.07. The Morgan fingerprint density at radius 3 is 2.73 bits per heavy atom. The zero-order valence-corrected chi connectivity index (χ0v) is 17.3. The molecule has 0 atom stereocenters. The molecule has 12 heteroatoms. The highest BCUT2D eigenvalue weighted by atomic mass is 35.5. The number of anilines is 1. The van der Waals surface area contributed by atoms with Crippen LogP contribution in [0.5, 0.6) is 5.75 Å². The van der Waals surface area contributed by atoms with E-state index >= 15 is 0 Å². The molecule has 0 spiro atoms. The fourth-order valence-corrected chi connectivity index (χ4v) is 3.20. The molecule has 0 saturated heterocycles. The Morgan fingerprint density at radius 1 is 1.30 bits per heavy atom. The lowest BCUT2D eigenvalue weighted by atomic mass is 10.2. The zero-order chi connectivity index (χ0) is 21.7. The van der Waals surface area contributed by atoms with Gasteiger partial charge in [-0.25, -0.2) is 4.68 Å². The molecule has 0 aliphatic heterocycles. The molecule has 3 N–H and O–H groups in total. The number of amides is 1. The summed E-state index contributed by atoms with van der Waals surface area (Å²) in [5.41, 5.74) is 0.679. The monoisotopic (exact) mass is 448 g/mol. The van der Waals surface area contributed by atoms with Crippen molar-refractivity contribution in [2.45, 2.75) is 18.7 Å². The van der Waals surface area contributed by atoms with Gasteiger partial charge in [0, 0.05) is 11.1 Å². The molecule has 1 aromatic heterocycles. The first-order valence-electron chi connectivity index (χ1n) is 8.59. The van der Waals surface area contributed by atoms with E-state index in [1.807, 2.05) is 0 Å². The van der Waals surface area contributed by atoms with Crippen molar-refractivity contribution in [3.8, 4) is 5.75 Å². The van der Waals surface area contributed by atoms with Gasteiger partial charge in [-0.2, -0.15) is 0 Å². The van der Waals surface area contributed by atoms with Gasteiger partial charge >= 0.3 is 0 Å². The number of nitrogens with two attached hydrogens (primary N) is 1. The Hall–Kier alpha value is -3.31. The van der Waals surface area contributed by atoms with E-state index in [-0.39, 0.29) is 23.7 Å². The van der Waals surface area contributed by atoms with Gasteiger partial charge in [0.15, 0.2) is 5.82 Å². The highest BCUT2D eigenvalue weighted by molar-refractivity contribution is 7.99. The smallest absolute Gasteiger partial charge is 0.293 e. The quantitative estimate of drug-likeness (QED) is 0.232. The Kier molecular flexibility index (Phi) is 6.75. The summed E-state index contributed by atoms with van der Waals surface area (Å²) in [6.45, 7) is 1.81. The third-order valence-electron chi connectivity index (χ3n) is 3.87. The van der Waals surface area contributed by atoms with Crippen LogP contribution < -0.4 is 15.9 Å². The number of thioether (sulfide) groups is 1. The number of hydrogen-bond donors (Lipinski definition) is 2. The van der Waals surface area contributed by atoms with E-state index in [2.05, 4.69) is 15.5 Å². The van der Waals surface area contributed by atoms with Crippen LogP contribution in [0.2, 0.25) is 5.02 Å². The van der Waals surface area contributed by atoms with Crippen molar-refractivity contribution in [2.75, 3.05) is 16.9 Å². The lowest BCUT2D eigenvalue weighted by molar-refractivity contribution is -0.384. The molecule has 156 valence electrons. The average molecular weight is 449 g/mol. The molecule has 3 rings (SSSR count). The van der Waals surface area contributed by atoms with Crippen molar-refractivity contribution < 1.29 is 14.5 Å². The number of ether oxygens (including phenoxy) is 1. The Bertz CT molecular complexity index is 1070. The number of benzene rings is 2. The molecule has 0 radical (unpaired) electrons. The molecular formula is C18H17ClN6O4S. The predicted octanol–water partition coefficient (Wildman–Crippen LogP) is 3.17. The molecule has 3 aromatic rings. The number of nitrogen functional groups attached to an aromatic ring is 1. The minimum atomic E-state index is -0.542. The SMILES string of the molecule is Cc1ccc(NC(=O)CSc2nnc(COc3ccc(Cl)cc3)n2N)c([N+](=O)[O-])c1. The summed E-state index contributed by atoms with van der Waals surface area (Å²) in [6, 6.07) is 11.4. The Balaban J connectivity index is 1.57. The van der Waals surface area contributed by atoms with Crippen molar-refractivity contribution in [1.29, 1.82) is 0 Å². The second-order valence-corrected chi connectivity index (χ2v) is 7.50. The largest absolute Gasteiger partial charge is 0.486 e. The van der Waals surface area contributed by atoms with Crippen molar-refractivity contribution in [1.82, 2.24) is 14.9 Å². The first-order chi connectivity index (χ1) is 14.3. The number of aromatic nitrogens is 3. The predicted molar refractivity (Wildman–Crippen MR) is 113 cm³/mol. The van der Waals surface area contributed by atoms with Gasteiger partial charge in [0.2, 0.25) is 11.1 Å². The molecule has 0 unspecified atom stereocenters. The minimum Gasteiger partial charge on any atom is -0.486 e. The molecule has 0 fully saturated rings. The van der Waals surface area contributed by atoms with Crippen molar-refractivity contribution in [3.63, 3.8) is 0 Å². The van der Waals surface area contributed by atoms with Crippen LogP contribution in [-0.2, 0) is 11.4 Å². The molecule has 2 aromatic carbocycles. The van der Waals surface area contributed by atoms with E-state index in [0.29, 0.717) is 21.8 Å². The van der Waals surface area contributed by atoms with Gasteiger partial charge in [-0.15, -0.1) is 10.2 Å². The second-order valence-electron chi connectivity index (χ2n) is 6.13. The molecular weight excluding hydrogens is 432 g/mol. The van der Waals surface area contributed by atoms with Crippen LogP contribution in [0.3, 0.4) is 0 Å². The number of halogens is 1. The molecule has 10 nitrogen and oxygen atoms in total. The highest BCUT2D eigenvalue weighted by Crippen LogP contribution is 2.26. The first-order valence-corrected chi connectivity index (χ1v) is 9.95. The summed E-state index contributed by atoms with van der Waals surface area (Å²) in [5, 5.41) is 22.5. The highest BCUT2D eigenvalue weighted by Gasteiger charge is 2.17. The summed E-state index contributed by atoms with van der Waals surface area (Å²) in [5.74, 6) is 6.42. The second kappa shape index (κ2) is 9.46. The topological polar surface area (TPSA) is 138 Å². The number of nitrogens with zero attached hydrogens (tertiary/aromatic N) is 4. The summed E-state index contributed by atoms with van der Waals surface area (Å²) in [4.78, 5) is 22.8. The zero-order valence-electron chi connectivity index (χ0n) is 15.7. The van der Waals surface area contributed by atoms with Crippen LogP contribution in [0, 0.1) is 17.0 Å². The van der Waals surface area contributed by atoms with Crippen LogP contribution in [0.15, 0.2) is 47.6 Å². The maximum Gasteiger partial charge on any atom is 0.293 e. The maximum atomic E-state index is 12.2. The summed E-state index contributed by atoms with van der Waals surface area (Å²) in [7, 11) is 0. The van der Waals surface area contributed by atoms with Crippen LogP contribution in [-0.4, -0.2) is 31.5 Å². The van der Waals surface area contributed by atoms with E-state index in [1.165, 1.54) is 16.8 Å². The first kappa shape index (κ1) is 21.4. The van der Waals surface area contributed by atoms with Crippen molar-refractivity contribution >= 4 is 40.6 Å². The van der Waals surface area contributed by atoms with E-state index in [1.54, 1.807) is 37.3 Å². The number of hydrogen-bond acceptors (Lipinski definition) is 8. The normalized spacial score (nSPS) is 10.6. The molecule has 0 bridgehead atoms. The van der Waals surface area contributed by atoms with Crippen molar-refractivity contribution in [2.24, 2.45) is 0 Å². The fraction of sp³-hybridized carbons (Fsp3) is 0.167. The van der Waals surface area contributed by atoms with Crippen molar-refractivity contribution in [3.05, 3.63) is 69.0 Å². The lowest BCUT2D eigenvalue weighted by Crippen LogP contribution is -2.18. The third kappa shape index (κ3) is 5.39. The fourth-order valence-electron chi connectivity index (χ4n) is 2.40. The molecule has 0 saturated carbocycles.